The number of rotatable bonds is 3. The zero-order valence-corrected chi connectivity index (χ0v) is 8.25. The van der Waals surface area contributed by atoms with E-state index in [9.17, 15) is 5.11 Å². The predicted molar refractivity (Wildman–Crippen MR) is 52.7 cm³/mol. The summed E-state index contributed by atoms with van der Waals surface area (Å²) in [7, 11) is 0. The van der Waals surface area contributed by atoms with Gasteiger partial charge in [0, 0.05) is 18.2 Å². The fraction of sp³-hybridized carbons (Fsp3) is 0.444. The molecular formula is C9H13ClN2O. The van der Waals surface area contributed by atoms with Crippen molar-refractivity contribution < 1.29 is 5.11 Å². The van der Waals surface area contributed by atoms with E-state index in [2.05, 4.69) is 4.98 Å². The Kier molecular flexibility index (Phi) is 3.25. The minimum Gasteiger partial charge on any atom is -0.395 e. The highest BCUT2D eigenvalue weighted by molar-refractivity contribution is 6.30. The van der Waals surface area contributed by atoms with E-state index in [0.717, 1.165) is 5.56 Å². The molecule has 1 aromatic rings. The number of pyridine rings is 1. The van der Waals surface area contributed by atoms with E-state index in [-0.39, 0.29) is 6.61 Å². The predicted octanol–water partition coefficient (Wildman–Crippen LogP) is 0.944. The van der Waals surface area contributed by atoms with Crippen molar-refractivity contribution in [1.82, 2.24) is 4.98 Å². The standard InChI is InChI=1S/C9H13ClN2O/c1-9(5-11,6-13)7-3-2-4-12-8(7)10/h2-4,13H,5-6,11H2,1H3. The van der Waals surface area contributed by atoms with Crippen molar-refractivity contribution in [1.29, 1.82) is 0 Å². The molecule has 0 aliphatic carbocycles. The molecule has 0 fully saturated rings. The summed E-state index contributed by atoms with van der Waals surface area (Å²) >= 11 is 5.89. The van der Waals surface area contributed by atoms with E-state index in [4.69, 9.17) is 17.3 Å². The summed E-state index contributed by atoms with van der Waals surface area (Å²) in [5.74, 6) is 0. The Bertz CT molecular complexity index is 287. The summed E-state index contributed by atoms with van der Waals surface area (Å²) in [6.45, 7) is 2.17. The van der Waals surface area contributed by atoms with Crippen molar-refractivity contribution in [2.24, 2.45) is 5.73 Å². The Hall–Kier alpha value is -0.640. The van der Waals surface area contributed by atoms with Crippen LogP contribution in [0.15, 0.2) is 18.3 Å². The molecule has 0 saturated heterocycles. The Balaban J connectivity index is 3.12. The molecule has 0 amide bonds. The number of aliphatic hydroxyl groups excluding tert-OH is 1. The van der Waals surface area contributed by atoms with Gasteiger partial charge in [0.05, 0.1) is 6.61 Å². The van der Waals surface area contributed by atoms with Gasteiger partial charge in [-0.15, -0.1) is 0 Å². The summed E-state index contributed by atoms with van der Waals surface area (Å²) in [4.78, 5) is 3.94. The lowest BCUT2D eigenvalue weighted by atomic mass is 9.84. The average Bonchev–Trinajstić information content (AvgIpc) is 2.17. The molecule has 1 rings (SSSR count). The van der Waals surface area contributed by atoms with Gasteiger partial charge in [-0.25, -0.2) is 4.98 Å². The molecule has 3 nitrogen and oxygen atoms in total. The molecule has 1 unspecified atom stereocenters. The number of aliphatic hydroxyl groups is 1. The van der Waals surface area contributed by atoms with E-state index in [1.165, 1.54) is 0 Å². The molecule has 0 saturated carbocycles. The monoisotopic (exact) mass is 200 g/mol. The van der Waals surface area contributed by atoms with Gasteiger partial charge in [0.2, 0.25) is 0 Å². The van der Waals surface area contributed by atoms with Gasteiger partial charge in [0.25, 0.3) is 0 Å². The molecule has 0 aliphatic rings. The Morgan fingerprint density at radius 3 is 2.85 bits per heavy atom. The van der Waals surface area contributed by atoms with Crippen LogP contribution < -0.4 is 5.73 Å². The maximum absolute atomic E-state index is 9.20. The SMILES string of the molecule is CC(CN)(CO)c1cccnc1Cl. The van der Waals surface area contributed by atoms with Crippen LogP contribution in [0, 0.1) is 0 Å². The first-order chi connectivity index (χ1) is 6.14. The summed E-state index contributed by atoms with van der Waals surface area (Å²) < 4.78 is 0. The number of aromatic nitrogens is 1. The highest BCUT2D eigenvalue weighted by Crippen LogP contribution is 2.26. The Labute approximate surface area is 82.5 Å². The number of nitrogens with two attached hydrogens (primary N) is 1. The summed E-state index contributed by atoms with van der Waals surface area (Å²) in [6.07, 6.45) is 1.61. The second kappa shape index (κ2) is 4.05. The topological polar surface area (TPSA) is 59.1 Å². The van der Waals surface area contributed by atoms with E-state index >= 15 is 0 Å². The number of hydrogen-bond donors (Lipinski definition) is 2. The van der Waals surface area contributed by atoms with Gasteiger partial charge in [-0.2, -0.15) is 0 Å². The quantitative estimate of drug-likeness (QED) is 0.715. The third kappa shape index (κ3) is 1.99. The van der Waals surface area contributed by atoms with Gasteiger partial charge in [-0.3, -0.25) is 0 Å². The molecular weight excluding hydrogens is 188 g/mol. The fourth-order valence-corrected chi connectivity index (χ4v) is 1.44. The van der Waals surface area contributed by atoms with Crippen LogP contribution in [0.5, 0.6) is 0 Å². The van der Waals surface area contributed by atoms with E-state index in [0.29, 0.717) is 11.7 Å². The molecule has 1 heterocycles. The molecule has 0 bridgehead atoms. The maximum Gasteiger partial charge on any atom is 0.132 e. The van der Waals surface area contributed by atoms with E-state index in [1.807, 2.05) is 13.0 Å². The number of halogens is 1. The van der Waals surface area contributed by atoms with E-state index in [1.54, 1.807) is 12.3 Å². The van der Waals surface area contributed by atoms with Crippen LogP contribution in [0.1, 0.15) is 12.5 Å². The molecule has 1 aromatic heterocycles. The van der Waals surface area contributed by atoms with Gasteiger partial charge in [0.1, 0.15) is 5.15 Å². The molecule has 0 aromatic carbocycles. The second-order valence-corrected chi connectivity index (χ2v) is 3.62. The molecule has 0 spiro atoms. The van der Waals surface area contributed by atoms with Crippen LogP contribution >= 0.6 is 11.6 Å². The Morgan fingerprint density at radius 1 is 1.69 bits per heavy atom. The summed E-state index contributed by atoms with van der Waals surface area (Å²) in [6, 6.07) is 3.61. The molecule has 1 atom stereocenters. The lowest BCUT2D eigenvalue weighted by Gasteiger charge is -2.26. The van der Waals surface area contributed by atoms with Crippen LogP contribution in [0.3, 0.4) is 0 Å². The molecule has 72 valence electrons. The second-order valence-electron chi connectivity index (χ2n) is 3.26. The first-order valence-electron chi connectivity index (χ1n) is 4.06. The van der Waals surface area contributed by atoms with Crippen molar-refractivity contribution >= 4 is 11.6 Å². The number of nitrogens with zero attached hydrogens (tertiary/aromatic N) is 1. The zero-order chi connectivity index (χ0) is 9.90. The van der Waals surface area contributed by atoms with Crippen molar-refractivity contribution in [2.45, 2.75) is 12.3 Å². The summed E-state index contributed by atoms with van der Waals surface area (Å²) in [5.41, 5.74) is 5.87. The lowest BCUT2D eigenvalue weighted by molar-refractivity contribution is 0.210. The molecule has 0 radical (unpaired) electrons. The van der Waals surface area contributed by atoms with Gasteiger partial charge >= 0.3 is 0 Å². The highest BCUT2D eigenvalue weighted by atomic mass is 35.5. The van der Waals surface area contributed by atoms with Gasteiger partial charge < -0.3 is 10.8 Å². The van der Waals surface area contributed by atoms with Crippen LogP contribution in [-0.2, 0) is 5.41 Å². The highest BCUT2D eigenvalue weighted by Gasteiger charge is 2.26. The van der Waals surface area contributed by atoms with Crippen molar-refractivity contribution in [2.75, 3.05) is 13.2 Å². The third-order valence-corrected chi connectivity index (χ3v) is 2.51. The maximum atomic E-state index is 9.20. The largest absolute Gasteiger partial charge is 0.395 e. The molecule has 4 heteroatoms. The van der Waals surface area contributed by atoms with Crippen molar-refractivity contribution in [3.63, 3.8) is 0 Å². The summed E-state index contributed by atoms with van der Waals surface area (Å²) in [5, 5.41) is 9.60. The Morgan fingerprint density at radius 2 is 2.38 bits per heavy atom. The van der Waals surface area contributed by atoms with E-state index < -0.39 is 5.41 Å². The zero-order valence-electron chi connectivity index (χ0n) is 7.50. The molecule has 0 aliphatic heterocycles. The average molecular weight is 201 g/mol. The normalized spacial score (nSPS) is 15.4. The fourth-order valence-electron chi connectivity index (χ4n) is 1.10. The van der Waals surface area contributed by atoms with Gasteiger partial charge in [0.15, 0.2) is 0 Å². The van der Waals surface area contributed by atoms with Crippen molar-refractivity contribution in [3.8, 4) is 0 Å². The van der Waals surface area contributed by atoms with Crippen molar-refractivity contribution in [3.05, 3.63) is 29.0 Å². The van der Waals surface area contributed by atoms with Crippen LogP contribution in [-0.4, -0.2) is 23.2 Å². The minimum absolute atomic E-state index is 0.0328. The molecule has 3 N–H and O–H groups in total. The first-order valence-corrected chi connectivity index (χ1v) is 4.44. The minimum atomic E-state index is -0.495. The van der Waals surface area contributed by atoms with Crippen LogP contribution in [0.4, 0.5) is 0 Å². The lowest BCUT2D eigenvalue weighted by Crippen LogP contribution is -2.35. The number of hydrogen-bond acceptors (Lipinski definition) is 3. The third-order valence-electron chi connectivity index (χ3n) is 2.21. The van der Waals surface area contributed by atoms with Crippen LogP contribution in [0.25, 0.3) is 0 Å². The molecule has 13 heavy (non-hydrogen) atoms. The van der Waals surface area contributed by atoms with Crippen LogP contribution in [0.2, 0.25) is 5.15 Å². The smallest absolute Gasteiger partial charge is 0.132 e. The first kappa shape index (κ1) is 10.4. The van der Waals surface area contributed by atoms with Gasteiger partial charge in [-0.1, -0.05) is 24.6 Å². The van der Waals surface area contributed by atoms with Gasteiger partial charge in [-0.05, 0) is 11.6 Å².